The normalized spacial score (nSPS) is 18.6. The van der Waals surface area contributed by atoms with E-state index in [2.05, 4.69) is 0 Å². The largest absolute Gasteiger partial charge is 0.459 e. The van der Waals surface area contributed by atoms with E-state index in [0.717, 1.165) is 18.5 Å². The highest BCUT2D eigenvalue weighted by Crippen LogP contribution is 2.17. The number of hydrogen-bond donors (Lipinski definition) is 1. The second-order valence-corrected chi connectivity index (χ2v) is 4.85. The molecule has 2 amide bonds. The fourth-order valence-electron chi connectivity index (χ4n) is 2.36. The highest BCUT2D eigenvalue weighted by Gasteiger charge is 2.28. The van der Waals surface area contributed by atoms with Gasteiger partial charge in [0, 0.05) is 19.3 Å². The first-order valence-corrected chi connectivity index (χ1v) is 6.36. The fraction of sp³-hybridized carbons (Fsp3) is 0.538. The average molecular weight is 265 g/mol. The molecule has 1 aliphatic rings. The van der Waals surface area contributed by atoms with E-state index in [1.54, 1.807) is 15.5 Å². The molecule has 1 unspecified atom stereocenters. The van der Waals surface area contributed by atoms with Crippen molar-refractivity contribution < 1.29 is 14.3 Å². The van der Waals surface area contributed by atoms with Gasteiger partial charge in [-0.1, -0.05) is 0 Å². The molecule has 19 heavy (non-hydrogen) atoms. The van der Waals surface area contributed by atoms with E-state index in [-0.39, 0.29) is 18.6 Å². The van der Waals surface area contributed by atoms with E-state index < -0.39 is 6.03 Å². The molecular formula is C13H19N3O3. The Morgan fingerprint density at radius 1 is 1.47 bits per heavy atom. The van der Waals surface area contributed by atoms with Crippen LogP contribution in [0.2, 0.25) is 0 Å². The zero-order valence-corrected chi connectivity index (χ0v) is 11.3. The summed E-state index contributed by atoms with van der Waals surface area (Å²) in [6.45, 7) is 2.76. The van der Waals surface area contributed by atoms with Gasteiger partial charge in [0.05, 0.1) is 6.04 Å². The Morgan fingerprint density at radius 2 is 2.21 bits per heavy atom. The number of rotatable bonds is 3. The highest BCUT2D eigenvalue weighted by atomic mass is 16.5. The topological polar surface area (TPSA) is 77.6 Å². The number of aryl methyl sites for hydroxylation is 1. The van der Waals surface area contributed by atoms with Crippen molar-refractivity contribution in [3.8, 4) is 0 Å². The molecule has 0 aromatic carbocycles. The van der Waals surface area contributed by atoms with E-state index in [0.29, 0.717) is 12.2 Å². The van der Waals surface area contributed by atoms with Gasteiger partial charge >= 0.3 is 12.0 Å². The Labute approximate surface area is 112 Å². The summed E-state index contributed by atoms with van der Waals surface area (Å²) in [4.78, 5) is 24.7. The van der Waals surface area contributed by atoms with Crippen LogP contribution in [0.1, 0.15) is 29.0 Å². The van der Waals surface area contributed by atoms with Gasteiger partial charge < -0.3 is 19.9 Å². The second kappa shape index (κ2) is 5.34. The van der Waals surface area contributed by atoms with Crippen molar-refractivity contribution in [3.63, 3.8) is 0 Å². The monoisotopic (exact) mass is 265 g/mol. The number of nitrogens with zero attached hydrogens (tertiary/aromatic N) is 2. The number of carbonyl (C=O) groups is 2. The van der Waals surface area contributed by atoms with Gasteiger partial charge in [0.15, 0.2) is 0 Å². The summed E-state index contributed by atoms with van der Waals surface area (Å²) in [6.07, 6.45) is 1.72. The molecule has 6 heteroatoms. The Balaban J connectivity index is 1.94. The van der Waals surface area contributed by atoms with E-state index in [1.165, 1.54) is 0 Å². The Kier molecular flexibility index (Phi) is 3.78. The number of carbonyl (C=O) groups excluding carboxylic acids is 2. The SMILES string of the molecule is Cc1ccc(C(=O)OCC2CCCN2C(N)=O)n1C. The number of nitrogens with two attached hydrogens (primary N) is 1. The predicted molar refractivity (Wildman–Crippen MR) is 69.7 cm³/mol. The third-order valence-corrected chi connectivity index (χ3v) is 3.65. The number of amides is 2. The predicted octanol–water partition coefficient (Wildman–Crippen LogP) is 1.03. The summed E-state index contributed by atoms with van der Waals surface area (Å²) in [5.74, 6) is -0.369. The number of likely N-dealkylation sites (tertiary alicyclic amines) is 1. The Morgan fingerprint density at radius 3 is 2.79 bits per heavy atom. The lowest BCUT2D eigenvalue weighted by atomic mass is 10.2. The lowest BCUT2D eigenvalue weighted by Gasteiger charge is -2.22. The molecule has 2 heterocycles. The summed E-state index contributed by atoms with van der Waals surface area (Å²) < 4.78 is 7.06. The molecule has 2 rings (SSSR count). The molecule has 1 aliphatic heterocycles. The van der Waals surface area contributed by atoms with Gasteiger partial charge in [-0.25, -0.2) is 9.59 Å². The van der Waals surface area contributed by atoms with Gasteiger partial charge in [-0.15, -0.1) is 0 Å². The molecule has 0 aliphatic carbocycles. The van der Waals surface area contributed by atoms with Gasteiger partial charge in [0.2, 0.25) is 0 Å². The number of hydrogen-bond acceptors (Lipinski definition) is 3. The lowest BCUT2D eigenvalue weighted by molar-refractivity contribution is 0.0411. The molecule has 1 fully saturated rings. The third kappa shape index (κ3) is 2.72. The van der Waals surface area contributed by atoms with Crippen LogP contribution in [0.4, 0.5) is 4.79 Å². The van der Waals surface area contributed by atoms with Crippen molar-refractivity contribution in [3.05, 3.63) is 23.5 Å². The molecule has 1 atom stereocenters. The molecule has 0 saturated carbocycles. The van der Waals surface area contributed by atoms with Gasteiger partial charge in [-0.05, 0) is 31.9 Å². The van der Waals surface area contributed by atoms with Crippen LogP contribution in [0, 0.1) is 6.92 Å². The number of aromatic nitrogens is 1. The third-order valence-electron chi connectivity index (χ3n) is 3.65. The minimum Gasteiger partial charge on any atom is -0.459 e. The fourth-order valence-corrected chi connectivity index (χ4v) is 2.36. The number of primary amides is 1. The van der Waals surface area contributed by atoms with E-state index in [1.807, 2.05) is 20.0 Å². The standard InChI is InChI=1S/C13H19N3O3/c1-9-5-6-11(15(9)2)12(17)19-8-10-4-3-7-16(10)13(14)18/h5-6,10H,3-4,7-8H2,1-2H3,(H2,14,18). The first-order chi connectivity index (χ1) is 9.00. The summed E-state index contributed by atoms with van der Waals surface area (Å²) >= 11 is 0. The maximum atomic E-state index is 11.9. The quantitative estimate of drug-likeness (QED) is 0.829. The van der Waals surface area contributed by atoms with Crippen LogP contribution >= 0.6 is 0 Å². The molecule has 1 aromatic heterocycles. The van der Waals surface area contributed by atoms with Gasteiger partial charge in [0.25, 0.3) is 0 Å². The average Bonchev–Trinajstić information content (AvgIpc) is 2.95. The van der Waals surface area contributed by atoms with Crippen molar-refractivity contribution >= 4 is 12.0 Å². The van der Waals surface area contributed by atoms with Gasteiger partial charge in [-0.2, -0.15) is 0 Å². The molecule has 0 bridgehead atoms. The zero-order chi connectivity index (χ0) is 14.0. The lowest BCUT2D eigenvalue weighted by Crippen LogP contribution is -2.42. The molecular weight excluding hydrogens is 246 g/mol. The Hall–Kier alpha value is -1.98. The van der Waals surface area contributed by atoms with Gasteiger partial charge in [-0.3, -0.25) is 0 Å². The molecule has 2 N–H and O–H groups in total. The second-order valence-electron chi connectivity index (χ2n) is 4.85. The Bertz CT molecular complexity index is 495. The molecule has 6 nitrogen and oxygen atoms in total. The van der Waals surface area contributed by atoms with Crippen LogP contribution in [-0.2, 0) is 11.8 Å². The molecule has 104 valence electrons. The summed E-state index contributed by atoms with van der Waals surface area (Å²) in [5, 5.41) is 0. The van der Waals surface area contributed by atoms with Crippen molar-refractivity contribution in [2.45, 2.75) is 25.8 Å². The van der Waals surface area contributed by atoms with Crippen LogP contribution in [0.25, 0.3) is 0 Å². The smallest absolute Gasteiger partial charge is 0.355 e. The first-order valence-electron chi connectivity index (χ1n) is 6.36. The van der Waals surface area contributed by atoms with Crippen LogP contribution in [0.15, 0.2) is 12.1 Å². The number of ether oxygens (including phenoxy) is 1. The zero-order valence-electron chi connectivity index (χ0n) is 11.3. The van der Waals surface area contributed by atoms with Crippen LogP contribution in [0.3, 0.4) is 0 Å². The number of esters is 1. The van der Waals surface area contributed by atoms with Gasteiger partial charge in [0.1, 0.15) is 12.3 Å². The minimum absolute atomic E-state index is 0.0946. The van der Waals surface area contributed by atoms with Crippen molar-refractivity contribution in [2.75, 3.05) is 13.2 Å². The minimum atomic E-state index is -0.451. The molecule has 0 spiro atoms. The van der Waals surface area contributed by atoms with Crippen LogP contribution in [0.5, 0.6) is 0 Å². The molecule has 0 radical (unpaired) electrons. The van der Waals surface area contributed by atoms with Crippen LogP contribution < -0.4 is 5.73 Å². The van der Waals surface area contributed by atoms with E-state index in [9.17, 15) is 9.59 Å². The number of urea groups is 1. The van der Waals surface area contributed by atoms with E-state index >= 15 is 0 Å². The molecule has 1 aromatic rings. The maximum absolute atomic E-state index is 11.9. The van der Waals surface area contributed by atoms with Crippen LogP contribution in [-0.4, -0.2) is 40.7 Å². The summed E-state index contributed by atoms with van der Waals surface area (Å²) in [6, 6.07) is 3.05. The summed E-state index contributed by atoms with van der Waals surface area (Å²) in [5.41, 5.74) is 6.78. The van der Waals surface area contributed by atoms with E-state index in [4.69, 9.17) is 10.5 Å². The van der Waals surface area contributed by atoms with Crippen molar-refractivity contribution in [1.29, 1.82) is 0 Å². The van der Waals surface area contributed by atoms with Crippen molar-refractivity contribution in [1.82, 2.24) is 9.47 Å². The van der Waals surface area contributed by atoms with Crippen molar-refractivity contribution in [2.24, 2.45) is 12.8 Å². The maximum Gasteiger partial charge on any atom is 0.355 e. The first kappa shape index (κ1) is 13.5. The molecule has 1 saturated heterocycles. The summed E-state index contributed by atoms with van der Waals surface area (Å²) in [7, 11) is 1.82. The highest BCUT2D eigenvalue weighted by molar-refractivity contribution is 5.88.